The smallest absolute Gasteiger partial charge is 0.162 e. The molecule has 0 unspecified atom stereocenters. The van der Waals surface area contributed by atoms with E-state index in [0.29, 0.717) is 17.2 Å². The third-order valence-corrected chi connectivity index (χ3v) is 3.42. The van der Waals surface area contributed by atoms with Crippen molar-refractivity contribution in [1.29, 1.82) is 0 Å². The Kier molecular flexibility index (Phi) is 6.00. The van der Waals surface area contributed by atoms with E-state index in [2.05, 4.69) is 0 Å². The summed E-state index contributed by atoms with van der Waals surface area (Å²) in [6.07, 6.45) is 0.995. The number of ether oxygens (including phenoxy) is 3. The average Bonchev–Trinajstić information content (AvgIpc) is 2.35. The molecule has 0 aliphatic heterocycles. The molecule has 0 amide bonds. The number of rotatable bonds is 7. The van der Waals surface area contributed by atoms with Crippen LogP contribution in [0.2, 0.25) is 0 Å². The Hall–Kier alpha value is -1.07. The Labute approximate surface area is 106 Å². The summed E-state index contributed by atoms with van der Waals surface area (Å²) in [5, 5.41) is 0. The number of nitrogen functional groups attached to an aromatic ring is 1. The van der Waals surface area contributed by atoms with Gasteiger partial charge in [0.25, 0.3) is 0 Å². The normalized spacial score (nSPS) is 10.3. The van der Waals surface area contributed by atoms with Gasteiger partial charge in [-0.3, -0.25) is 0 Å². The number of methoxy groups -OCH3 is 3. The highest BCUT2D eigenvalue weighted by Crippen LogP contribution is 2.36. The van der Waals surface area contributed by atoms with E-state index in [0.717, 1.165) is 23.7 Å². The molecule has 0 spiro atoms. The van der Waals surface area contributed by atoms with Crippen LogP contribution in [0.4, 0.5) is 5.69 Å². The number of benzene rings is 1. The second kappa shape index (κ2) is 7.29. The minimum absolute atomic E-state index is 0.659. The van der Waals surface area contributed by atoms with Crippen molar-refractivity contribution in [3.8, 4) is 11.5 Å². The minimum atomic E-state index is 0.659. The van der Waals surface area contributed by atoms with Gasteiger partial charge in [0.1, 0.15) is 0 Å². The summed E-state index contributed by atoms with van der Waals surface area (Å²) in [6.45, 7) is 0.764. The molecule has 4 nitrogen and oxygen atoms in total. The van der Waals surface area contributed by atoms with Crippen LogP contribution in [0.1, 0.15) is 6.42 Å². The molecule has 5 heteroatoms. The van der Waals surface area contributed by atoms with Gasteiger partial charge in [0.05, 0.1) is 14.2 Å². The SMILES string of the molecule is COCCCSc1cc(OC)c(OC)cc1N. The third-order valence-electron chi connectivity index (χ3n) is 2.27. The van der Waals surface area contributed by atoms with Crippen molar-refractivity contribution in [3.05, 3.63) is 12.1 Å². The van der Waals surface area contributed by atoms with Crippen LogP contribution in [0.3, 0.4) is 0 Å². The van der Waals surface area contributed by atoms with E-state index in [1.807, 2.05) is 6.07 Å². The highest BCUT2D eigenvalue weighted by Gasteiger charge is 2.09. The summed E-state index contributed by atoms with van der Waals surface area (Å²) in [5.74, 6) is 2.33. The lowest BCUT2D eigenvalue weighted by Crippen LogP contribution is -1.96. The van der Waals surface area contributed by atoms with E-state index in [9.17, 15) is 0 Å². The van der Waals surface area contributed by atoms with Crippen LogP contribution in [0.25, 0.3) is 0 Å². The first-order valence-corrected chi connectivity index (χ1v) is 6.34. The van der Waals surface area contributed by atoms with Crippen LogP contribution < -0.4 is 15.2 Å². The molecule has 0 bridgehead atoms. The summed E-state index contributed by atoms with van der Waals surface area (Å²) >= 11 is 1.70. The zero-order chi connectivity index (χ0) is 12.7. The Bertz CT molecular complexity index is 358. The van der Waals surface area contributed by atoms with E-state index in [4.69, 9.17) is 19.9 Å². The fraction of sp³-hybridized carbons (Fsp3) is 0.500. The quantitative estimate of drug-likeness (QED) is 0.462. The standard InChI is InChI=1S/C12H19NO3S/c1-14-5-4-6-17-12-8-11(16-3)10(15-2)7-9(12)13/h7-8H,4-6,13H2,1-3H3. The van der Waals surface area contributed by atoms with Gasteiger partial charge in [0, 0.05) is 36.1 Å². The van der Waals surface area contributed by atoms with Gasteiger partial charge in [-0.1, -0.05) is 0 Å². The van der Waals surface area contributed by atoms with Crippen molar-refractivity contribution in [2.45, 2.75) is 11.3 Å². The van der Waals surface area contributed by atoms with Crippen LogP contribution in [-0.4, -0.2) is 33.7 Å². The molecule has 0 fully saturated rings. The molecule has 2 N–H and O–H groups in total. The van der Waals surface area contributed by atoms with Crippen molar-refractivity contribution in [3.63, 3.8) is 0 Å². The zero-order valence-corrected chi connectivity index (χ0v) is 11.3. The second-order valence-electron chi connectivity index (χ2n) is 3.44. The molecule has 17 heavy (non-hydrogen) atoms. The molecule has 0 aliphatic rings. The molecule has 0 heterocycles. The van der Waals surface area contributed by atoms with E-state index < -0.39 is 0 Å². The van der Waals surface area contributed by atoms with E-state index in [1.54, 1.807) is 39.2 Å². The molecule has 0 aliphatic carbocycles. The summed E-state index contributed by atoms with van der Waals surface area (Å²) < 4.78 is 15.4. The Morgan fingerprint density at radius 2 is 1.76 bits per heavy atom. The first-order valence-electron chi connectivity index (χ1n) is 5.36. The predicted octanol–water partition coefficient (Wildman–Crippen LogP) is 2.41. The van der Waals surface area contributed by atoms with Gasteiger partial charge in [-0.2, -0.15) is 0 Å². The molecule has 0 atom stereocenters. The van der Waals surface area contributed by atoms with Crippen LogP contribution in [0, 0.1) is 0 Å². The van der Waals surface area contributed by atoms with Crippen LogP contribution in [-0.2, 0) is 4.74 Å². The monoisotopic (exact) mass is 257 g/mol. The molecular formula is C12H19NO3S. The lowest BCUT2D eigenvalue weighted by Gasteiger charge is -2.12. The summed E-state index contributed by atoms with van der Waals surface area (Å²) in [6, 6.07) is 3.70. The third kappa shape index (κ3) is 4.02. The van der Waals surface area contributed by atoms with Crippen molar-refractivity contribution >= 4 is 17.4 Å². The highest BCUT2D eigenvalue weighted by molar-refractivity contribution is 7.99. The van der Waals surface area contributed by atoms with E-state index >= 15 is 0 Å². The zero-order valence-electron chi connectivity index (χ0n) is 10.5. The Balaban J connectivity index is 2.71. The van der Waals surface area contributed by atoms with Gasteiger partial charge in [0.15, 0.2) is 11.5 Å². The number of nitrogens with two attached hydrogens (primary N) is 1. The molecule has 0 aromatic heterocycles. The van der Waals surface area contributed by atoms with Crippen LogP contribution in [0.5, 0.6) is 11.5 Å². The van der Waals surface area contributed by atoms with Gasteiger partial charge in [-0.15, -0.1) is 11.8 Å². The molecule has 96 valence electrons. The molecule has 0 saturated heterocycles. The molecule has 1 aromatic rings. The Morgan fingerprint density at radius 1 is 1.12 bits per heavy atom. The topological polar surface area (TPSA) is 53.7 Å². The van der Waals surface area contributed by atoms with E-state index in [1.165, 1.54) is 0 Å². The van der Waals surface area contributed by atoms with Gasteiger partial charge in [-0.05, 0) is 12.5 Å². The summed E-state index contributed by atoms with van der Waals surface area (Å²) in [5.41, 5.74) is 6.66. The van der Waals surface area contributed by atoms with Crippen molar-refractivity contribution in [2.75, 3.05) is 39.4 Å². The Morgan fingerprint density at radius 3 is 2.35 bits per heavy atom. The predicted molar refractivity (Wildman–Crippen MR) is 71.2 cm³/mol. The first kappa shape index (κ1) is 14.0. The van der Waals surface area contributed by atoms with Crippen molar-refractivity contribution in [2.24, 2.45) is 0 Å². The average molecular weight is 257 g/mol. The van der Waals surface area contributed by atoms with Gasteiger partial charge in [0.2, 0.25) is 0 Å². The minimum Gasteiger partial charge on any atom is -0.493 e. The summed E-state index contributed by atoms with van der Waals surface area (Å²) in [7, 11) is 4.92. The van der Waals surface area contributed by atoms with Crippen LogP contribution in [0.15, 0.2) is 17.0 Å². The largest absolute Gasteiger partial charge is 0.493 e. The maximum absolute atomic E-state index is 5.95. The van der Waals surface area contributed by atoms with Gasteiger partial charge in [-0.25, -0.2) is 0 Å². The lowest BCUT2D eigenvalue weighted by molar-refractivity contribution is 0.200. The van der Waals surface area contributed by atoms with Crippen molar-refractivity contribution in [1.82, 2.24) is 0 Å². The van der Waals surface area contributed by atoms with Crippen LogP contribution >= 0.6 is 11.8 Å². The second-order valence-corrected chi connectivity index (χ2v) is 4.58. The van der Waals surface area contributed by atoms with Gasteiger partial charge < -0.3 is 19.9 Å². The van der Waals surface area contributed by atoms with E-state index in [-0.39, 0.29) is 0 Å². The van der Waals surface area contributed by atoms with Crippen molar-refractivity contribution < 1.29 is 14.2 Å². The number of hydrogen-bond donors (Lipinski definition) is 1. The number of thioether (sulfide) groups is 1. The maximum atomic E-state index is 5.95. The summed E-state index contributed by atoms with van der Waals surface area (Å²) in [4.78, 5) is 1.01. The first-order chi connectivity index (χ1) is 8.22. The molecule has 0 saturated carbocycles. The van der Waals surface area contributed by atoms with Gasteiger partial charge >= 0.3 is 0 Å². The lowest BCUT2D eigenvalue weighted by atomic mass is 10.3. The molecule has 0 radical (unpaired) electrons. The molecule has 1 aromatic carbocycles. The molecular weight excluding hydrogens is 238 g/mol. The molecule has 1 rings (SSSR count). The number of hydrogen-bond acceptors (Lipinski definition) is 5. The fourth-order valence-electron chi connectivity index (χ4n) is 1.39. The number of anilines is 1. The highest BCUT2D eigenvalue weighted by atomic mass is 32.2. The maximum Gasteiger partial charge on any atom is 0.162 e. The fourth-order valence-corrected chi connectivity index (χ4v) is 2.28.